The molecular formula is C57H100N6O15. The number of Topliss-reactive ketones (excluding diaryl/α,β-unsaturated/α-hetero) is 4. The number of H-pyrrole nitrogens is 1. The molecule has 0 aliphatic carbocycles. The van der Waals surface area contributed by atoms with E-state index in [0.717, 1.165) is 50.6 Å². The molecule has 0 bridgehead atoms. The van der Waals surface area contributed by atoms with Crippen LogP contribution in [0, 0.1) is 5.92 Å². The van der Waals surface area contributed by atoms with Gasteiger partial charge in [0.2, 0.25) is 17.7 Å². The summed E-state index contributed by atoms with van der Waals surface area (Å²) in [5.41, 5.74) is 6.83. The van der Waals surface area contributed by atoms with E-state index in [1.165, 1.54) is 58.2 Å². The summed E-state index contributed by atoms with van der Waals surface area (Å²) < 4.78 is 20.8. The summed E-state index contributed by atoms with van der Waals surface area (Å²) >= 11 is 0. The molecule has 21 heteroatoms. The molecule has 0 saturated heterocycles. The second-order valence-corrected chi connectivity index (χ2v) is 19.9. The number of aromatic amines is 1. The van der Waals surface area contributed by atoms with Gasteiger partial charge in [0.05, 0.1) is 45.4 Å². The number of carboxylic acids is 2. The van der Waals surface area contributed by atoms with E-state index in [9.17, 15) is 48.3 Å². The molecule has 0 aliphatic heterocycles. The van der Waals surface area contributed by atoms with Crippen molar-refractivity contribution in [2.45, 2.75) is 219 Å². The number of carboxylic acid groups (broad SMARTS) is 2. The topological polar surface area (TPSA) is 322 Å². The number of amides is 3. The number of unbranched alkanes of at least 4 members (excludes halogenated alkanes) is 14. The lowest BCUT2D eigenvalue weighted by Gasteiger charge is -2.17. The minimum absolute atomic E-state index is 0.0224. The Labute approximate surface area is 464 Å². The van der Waals surface area contributed by atoms with Gasteiger partial charge < -0.3 is 60.6 Å². The molecule has 1 aromatic heterocycles. The number of hydrogen-bond donors (Lipinski definition) is 7. The number of hydrogen-bond acceptors (Lipinski definition) is 15. The molecule has 0 fully saturated rings. The molecule has 0 radical (unpaired) electrons. The van der Waals surface area contributed by atoms with Gasteiger partial charge in [-0.1, -0.05) is 90.4 Å². The van der Waals surface area contributed by atoms with Gasteiger partial charge in [-0.15, -0.1) is 0 Å². The van der Waals surface area contributed by atoms with Gasteiger partial charge in [0.1, 0.15) is 35.8 Å². The Morgan fingerprint density at radius 1 is 0.577 bits per heavy atom. The van der Waals surface area contributed by atoms with Gasteiger partial charge >= 0.3 is 11.9 Å². The van der Waals surface area contributed by atoms with Crippen LogP contribution in [0.15, 0.2) is 12.5 Å². The fraction of sp³-hybridized carbons (Fsp3) is 0.789. The standard InChI is InChI=1S/C29H53NO8.C28H47N5O7/c1-37-23-24-38-22-16-17-25(31)20-21-26(29(35)36)30-27(32)18-14-12-10-8-6-4-2-3-5-7-9-11-13-15-19-28(33)34;1-3-27(37)32-13-14-39-15-16-40-19-28(38)31-12-5-4-8-22(25(35)9-6-7-21(2)34)10-11-26(36)24(29)17-23-18-30-20-33-23/h26H,2-24H2,1H3,(H,30,32)(H,33,34)(H,35,36);18,20,22,24H,3-17,19,29H2,1-2H3,(H,30,33)(H,31,38)(H,32,37)/t26-;22-,24+/m01/s1. The monoisotopic (exact) mass is 1110 g/mol. The van der Waals surface area contributed by atoms with E-state index in [2.05, 4.69) is 25.9 Å². The number of aromatic nitrogens is 2. The number of imidazole rings is 1. The number of ether oxygens (including phenoxy) is 4. The molecule has 8 N–H and O–H groups in total. The van der Waals surface area contributed by atoms with Gasteiger partial charge in [-0.05, 0) is 58.3 Å². The number of ketones is 4. The maximum Gasteiger partial charge on any atom is 0.326 e. The summed E-state index contributed by atoms with van der Waals surface area (Å²) in [5.74, 6) is -2.63. The van der Waals surface area contributed by atoms with Crippen LogP contribution in [-0.4, -0.2) is 152 Å². The number of carbonyl (C=O) groups excluding carboxylic acids is 7. The third kappa shape index (κ3) is 47.1. The molecule has 78 heavy (non-hydrogen) atoms. The molecule has 0 unspecified atom stereocenters. The summed E-state index contributed by atoms with van der Waals surface area (Å²) in [4.78, 5) is 113. The highest BCUT2D eigenvalue weighted by Gasteiger charge is 2.23. The Bertz CT molecular complexity index is 1770. The van der Waals surface area contributed by atoms with Gasteiger partial charge in [-0.25, -0.2) is 9.78 Å². The molecule has 0 aromatic carbocycles. The van der Waals surface area contributed by atoms with Gasteiger partial charge in [0.25, 0.3) is 0 Å². The van der Waals surface area contributed by atoms with Crippen LogP contribution in [0.1, 0.15) is 206 Å². The second kappa shape index (κ2) is 51.5. The first-order chi connectivity index (χ1) is 37.6. The van der Waals surface area contributed by atoms with Gasteiger partial charge in [0, 0.05) is 102 Å². The molecule has 448 valence electrons. The maximum absolute atomic E-state index is 12.8. The first-order valence-corrected chi connectivity index (χ1v) is 28.9. The Morgan fingerprint density at radius 3 is 1.77 bits per heavy atom. The van der Waals surface area contributed by atoms with Gasteiger partial charge in [-0.3, -0.25) is 33.6 Å². The summed E-state index contributed by atoms with van der Waals surface area (Å²) in [7, 11) is 1.59. The summed E-state index contributed by atoms with van der Waals surface area (Å²) in [6, 6.07) is -1.69. The van der Waals surface area contributed by atoms with Crippen LogP contribution >= 0.6 is 0 Å². The van der Waals surface area contributed by atoms with Crippen molar-refractivity contribution >= 4 is 52.8 Å². The first kappa shape index (κ1) is 73.0. The average Bonchev–Trinajstić information content (AvgIpc) is 3.92. The smallest absolute Gasteiger partial charge is 0.326 e. The van der Waals surface area contributed by atoms with Crippen LogP contribution in [0.2, 0.25) is 0 Å². The van der Waals surface area contributed by atoms with E-state index < -0.39 is 24.0 Å². The zero-order valence-electron chi connectivity index (χ0n) is 47.7. The van der Waals surface area contributed by atoms with E-state index in [0.29, 0.717) is 123 Å². The largest absolute Gasteiger partial charge is 0.481 e. The molecular weight excluding hydrogens is 1010 g/mol. The Balaban J connectivity index is 0.00000152. The third-order valence-corrected chi connectivity index (χ3v) is 12.9. The summed E-state index contributed by atoms with van der Waals surface area (Å²) in [6.45, 7) is 6.54. The molecule has 3 atom stereocenters. The van der Waals surface area contributed by atoms with E-state index in [1.54, 1.807) is 20.2 Å². The number of nitrogens with two attached hydrogens (primary N) is 1. The van der Waals surface area contributed by atoms with E-state index in [4.69, 9.17) is 29.8 Å². The zero-order chi connectivity index (χ0) is 57.9. The van der Waals surface area contributed by atoms with Gasteiger partial charge in [0.15, 0.2) is 0 Å². The molecule has 21 nitrogen and oxygen atoms in total. The quantitative estimate of drug-likeness (QED) is 0.0320. The summed E-state index contributed by atoms with van der Waals surface area (Å²) in [5, 5.41) is 26.0. The van der Waals surface area contributed by atoms with Crippen molar-refractivity contribution in [3.05, 3.63) is 18.2 Å². The molecule has 3 amide bonds. The number of aliphatic carboxylic acids is 2. The molecule has 0 aliphatic rings. The van der Waals surface area contributed by atoms with Crippen LogP contribution < -0.4 is 21.7 Å². The zero-order valence-corrected chi connectivity index (χ0v) is 47.7. The van der Waals surface area contributed by atoms with E-state index in [1.807, 2.05) is 0 Å². The second-order valence-electron chi connectivity index (χ2n) is 19.9. The predicted octanol–water partition coefficient (Wildman–Crippen LogP) is 7.09. The van der Waals surface area contributed by atoms with Crippen molar-refractivity contribution in [2.75, 3.05) is 66.4 Å². The lowest BCUT2D eigenvalue weighted by molar-refractivity contribution is -0.142. The highest BCUT2D eigenvalue weighted by Crippen LogP contribution is 2.21. The third-order valence-electron chi connectivity index (χ3n) is 12.9. The van der Waals surface area contributed by atoms with Crippen LogP contribution in [0.25, 0.3) is 0 Å². The van der Waals surface area contributed by atoms with E-state index in [-0.39, 0.29) is 85.7 Å². The van der Waals surface area contributed by atoms with E-state index >= 15 is 0 Å². The van der Waals surface area contributed by atoms with Crippen molar-refractivity contribution < 1.29 is 72.3 Å². The number of methoxy groups -OCH3 is 1. The molecule has 1 heterocycles. The van der Waals surface area contributed by atoms with Crippen LogP contribution in [0.5, 0.6) is 0 Å². The van der Waals surface area contributed by atoms with Gasteiger partial charge in [-0.2, -0.15) is 0 Å². The molecule has 0 spiro atoms. The number of rotatable bonds is 54. The predicted molar refractivity (Wildman–Crippen MR) is 297 cm³/mol. The lowest BCUT2D eigenvalue weighted by Crippen LogP contribution is -2.41. The number of nitrogens with zero attached hydrogens (tertiary/aromatic N) is 1. The minimum atomic E-state index is -1.11. The summed E-state index contributed by atoms with van der Waals surface area (Å²) in [6.07, 6.45) is 25.1. The lowest BCUT2D eigenvalue weighted by atomic mass is 9.88. The fourth-order valence-electron chi connectivity index (χ4n) is 8.25. The first-order valence-electron chi connectivity index (χ1n) is 28.9. The van der Waals surface area contributed by atoms with Crippen molar-refractivity contribution in [2.24, 2.45) is 11.7 Å². The highest BCUT2D eigenvalue weighted by molar-refractivity contribution is 5.86. The van der Waals surface area contributed by atoms with Crippen LogP contribution in [0.3, 0.4) is 0 Å². The molecule has 1 aromatic rings. The average molecular weight is 1110 g/mol. The minimum Gasteiger partial charge on any atom is -0.481 e. The SMILES string of the molecule is CCC(=O)NCCOCCOCC(=O)NCCCC[C@H](CCC(=O)[C@@H](N)Cc1cnc[nH]1)C(=O)CCCC(C)=O.COCCOCCCC(=O)CC[C@H](NC(=O)CCCCCCCCCCCCCCCCC(=O)O)C(=O)O. The van der Waals surface area contributed by atoms with Crippen molar-refractivity contribution in [3.63, 3.8) is 0 Å². The fourth-order valence-corrected chi connectivity index (χ4v) is 8.25. The Morgan fingerprint density at radius 2 is 1.18 bits per heavy atom. The normalized spacial score (nSPS) is 12.2. The van der Waals surface area contributed by atoms with Crippen molar-refractivity contribution in [1.29, 1.82) is 0 Å². The van der Waals surface area contributed by atoms with Crippen LogP contribution in [-0.2, 0) is 68.5 Å². The Kier molecular flexibility index (Phi) is 48.2. The molecule has 1 rings (SSSR count). The number of nitrogens with one attached hydrogen (secondary N) is 4. The Hall–Kier alpha value is -4.96. The number of carbonyl (C=O) groups is 9. The van der Waals surface area contributed by atoms with Crippen molar-refractivity contribution in [1.82, 2.24) is 25.9 Å². The van der Waals surface area contributed by atoms with Crippen molar-refractivity contribution in [3.8, 4) is 0 Å². The maximum atomic E-state index is 12.8. The highest BCUT2D eigenvalue weighted by atomic mass is 16.5. The molecule has 0 saturated carbocycles. The van der Waals surface area contributed by atoms with Crippen LogP contribution in [0.4, 0.5) is 0 Å².